The van der Waals surface area contributed by atoms with E-state index in [-0.39, 0.29) is 17.6 Å². The average molecular weight is 434 g/mol. The van der Waals surface area contributed by atoms with E-state index >= 15 is 0 Å². The van der Waals surface area contributed by atoms with Crippen LogP contribution in [0.25, 0.3) is 11.3 Å². The lowest BCUT2D eigenvalue weighted by molar-refractivity contribution is -0.137. The molecule has 3 aromatic rings. The summed E-state index contributed by atoms with van der Waals surface area (Å²) in [5.74, 6) is 1.71. The molecule has 2 N–H and O–H groups in total. The number of nitrogens with one attached hydrogen (secondary N) is 2. The fourth-order valence-corrected chi connectivity index (χ4v) is 4.55. The first-order chi connectivity index (χ1) is 15.6. The zero-order chi connectivity index (χ0) is 22.1. The molecule has 1 atom stereocenters. The number of carbonyl (C=O) groups excluding carboxylic acids is 1. The third-order valence-corrected chi connectivity index (χ3v) is 6.36. The summed E-state index contributed by atoms with van der Waals surface area (Å²) in [6.45, 7) is 5.61. The van der Waals surface area contributed by atoms with Crippen molar-refractivity contribution in [2.75, 3.05) is 25.0 Å². The summed E-state index contributed by atoms with van der Waals surface area (Å²) >= 11 is 0. The first-order valence-corrected chi connectivity index (χ1v) is 11.3. The lowest BCUT2D eigenvalue weighted by Gasteiger charge is -2.33. The Morgan fingerprint density at radius 1 is 1.12 bits per heavy atom. The summed E-state index contributed by atoms with van der Waals surface area (Å²) < 4.78 is 15.7. The van der Waals surface area contributed by atoms with Gasteiger partial charge in [0.1, 0.15) is 23.2 Å². The van der Waals surface area contributed by atoms with Crippen LogP contribution in [0.1, 0.15) is 24.2 Å². The molecule has 1 amide bonds. The topological polar surface area (TPSA) is 62.2 Å². The highest BCUT2D eigenvalue weighted by Gasteiger charge is 2.31. The van der Waals surface area contributed by atoms with Crippen molar-refractivity contribution in [2.45, 2.75) is 32.9 Å². The first kappa shape index (κ1) is 20.7. The second-order valence-corrected chi connectivity index (χ2v) is 8.68. The Balaban J connectivity index is 1.47. The van der Waals surface area contributed by atoms with Crippen molar-refractivity contribution in [1.82, 2.24) is 19.8 Å². The van der Waals surface area contributed by atoms with Crippen molar-refractivity contribution >= 4 is 17.4 Å². The van der Waals surface area contributed by atoms with Gasteiger partial charge in [-0.2, -0.15) is 0 Å². The van der Waals surface area contributed by atoms with Gasteiger partial charge in [0.05, 0.1) is 12.5 Å². The van der Waals surface area contributed by atoms with Crippen molar-refractivity contribution in [3.8, 4) is 11.3 Å². The number of rotatable bonds is 4. The molecule has 2 aromatic carbocycles. The molecule has 0 saturated carbocycles. The van der Waals surface area contributed by atoms with Crippen LogP contribution in [0.15, 0.2) is 48.5 Å². The van der Waals surface area contributed by atoms with Crippen LogP contribution < -0.4 is 10.6 Å². The number of carbonyl (C=O) groups is 1. The van der Waals surface area contributed by atoms with Crippen molar-refractivity contribution in [3.63, 3.8) is 0 Å². The van der Waals surface area contributed by atoms with E-state index in [0.29, 0.717) is 19.6 Å². The quantitative estimate of drug-likeness (QED) is 0.651. The van der Waals surface area contributed by atoms with Crippen LogP contribution in [-0.2, 0) is 17.9 Å². The zero-order valence-electron chi connectivity index (χ0n) is 18.3. The largest absolute Gasteiger partial charge is 0.340 e. The predicted molar refractivity (Wildman–Crippen MR) is 123 cm³/mol. The van der Waals surface area contributed by atoms with Crippen molar-refractivity contribution < 1.29 is 9.18 Å². The smallest absolute Gasteiger partial charge is 0.227 e. The number of piperidine rings is 1. The molecule has 0 spiro atoms. The molecule has 1 fully saturated rings. The van der Waals surface area contributed by atoms with Gasteiger partial charge < -0.3 is 20.1 Å². The van der Waals surface area contributed by atoms with Gasteiger partial charge in [-0.3, -0.25) is 4.79 Å². The van der Waals surface area contributed by atoms with Gasteiger partial charge in [0.25, 0.3) is 0 Å². The molecule has 1 aromatic heterocycles. The summed E-state index contributed by atoms with van der Waals surface area (Å²) in [4.78, 5) is 19.9. The van der Waals surface area contributed by atoms with Crippen LogP contribution in [0.2, 0.25) is 0 Å². The number of anilines is 2. The van der Waals surface area contributed by atoms with Crippen molar-refractivity contribution in [2.24, 2.45) is 5.92 Å². The Morgan fingerprint density at radius 3 is 2.62 bits per heavy atom. The molecule has 3 heterocycles. The van der Waals surface area contributed by atoms with Gasteiger partial charge in [-0.25, -0.2) is 9.37 Å². The number of hydrogen-bond donors (Lipinski definition) is 2. The third-order valence-electron chi connectivity index (χ3n) is 6.36. The molecule has 166 valence electrons. The maximum Gasteiger partial charge on any atom is 0.227 e. The van der Waals surface area contributed by atoms with Gasteiger partial charge in [-0.15, -0.1) is 0 Å². The molecular weight excluding hydrogens is 405 g/mol. The summed E-state index contributed by atoms with van der Waals surface area (Å²) in [5, 5.41) is 6.86. The Morgan fingerprint density at radius 2 is 1.91 bits per heavy atom. The first-order valence-electron chi connectivity index (χ1n) is 11.3. The lowest BCUT2D eigenvalue weighted by atomic mass is 9.98. The standard InChI is InChI=1S/C25H28FN5O/c1-17-4-10-21(11-5-17)28-24-23(18-6-8-20(26)9-7-18)29-22-16-30(13-14-31(22)24)25(32)19-3-2-12-27-15-19/h4-11,19,27-28H,2-3,12-16H2,1H3/t19-/m0/s1. The van der Waals surface area contributed by atoms with E-state index < -0.39 is 0 Å². The van der Waals surface area contributed by atoms with Crippen LogP contribution in [0.3, 0.4) is 0 Å². The van der Waals surface area contributed by atoms with Gasteiger partial charge in [-0.1, -0.05) is 17.7 Å². The molecule has 5 rings (SSSR count). The summed E-state index contributed by atoms with van der Waals surface area (Å²) in [7, 11) is 0. The molecule has 0 bridgehead atoms. The lowest BCUT2D eigenvalue weighted by Crippen LogP contribution is -2.46. The minimum Gasteiger partial charge on any atom is -0.340 e. The molecular formula is C25H28FN5O. The van der Waals surface area contributed by atoms with Crippen molar-refractivity contribution in [1.29, 1.82) is 0 Å². The molecule has 2 aliphatic heterocycles. The highest BCUT2D eigenvalue weighted by Crippen LogP contribution is 2.33. The minimum atomic E-state index is -0.274. The number of hydrogen-bond acceptors (Lipinski definition) is 4. The Bertz CT molecular complexity index is 1100. The van der Waals surface area contributed by atoms with Crippen LogP contribution in [-0.4, -0.2) is 40.0 Å². The van der Waals surface area contributed by atoms with E-state index in [1.807, 2.05) is 17.0 Å². The van der Waals surface area contributed by atoms with E-state index in [1.165, 1.54) is 17.7 Å². The normalized spacial score (nSPS) is 18.3. The van der Waals surface area contributed by atoms with Crippen LogP contribution in [0.5, 0.6) is 0 Å². The second-order valence-electron chi connectivity index (χ2n) is 8.68. The highest BCUT2D eigenvalue weighted by molar-refractivity contribution is 5.80. The number of aromatic nitrogens is 2. The van der Waals surface area contributed by atoms with Crippen LogP contribution in [0.4, 0.5) is 15.9 Å². The van der Waals surface area contributed by atoms with E-state index in [9.17, 15) is 9.18 Å². The number of aryl methyl sites for hydroxylation is 1. The van der Waals surface area contributed by atoms with Gasteiger partial charge >= 0.3 is 0 Å². The maximum atomic E-state index is 13.5. The molecule has 6 nitrogen and oxygen atoms in total. The Labute approximate surface area is 187 Å². The molecule has 32 heavy (non-hydrogen) atoms. The molecule has 7 heteroatoms. The number of amides is 1. The molecule has 1 saturated heterocycles. The van der Waals surface area contributed by atoms with Gasteiger partial charge in [0.2, 0.25) is 5.91 Å². The van der Waals surface area contributed by atoms with Crippen LogP contribution >= 0.6 is 0 Å². The fourth-order valence-electron chi connectivity index (χ4n) is 4.55. The summed E-state index contributed by atoms with van der Waals surface area (Å²) in [6.07, 6.45) is 1.98. The zero-order valence-corrected chi connectivity index (χ0v) is 18.3. The fraction of sp³-hybridized carbons (Fsp3) is 0.360. The van der Waals surface area contributed by atoms with Gasteiger partial charge in [0, 0.05) is 30.9 Å². The number of imidazole rings is 1. The monoisotopic (exact) mass is 433 g/mol. The Hall–Kier alpha value is -3.19. The van der Waals surface area contributed by atoms with Crippen molar-refractivity contribution in [3.05, 3.63) is 65.7 Å². The number of halogens is 1. The summed E-state index contributed by atoms with van der Waals surface area (Å²) in [5.41, 5.74) is 3.77. The van der Waals surface area contributed by atoms with E-state index in [2.05, 4.69) is 34.3 Å². The minimum absolute atomic E-state index is 0.0481. The Kier molecular flexibility index (Phi) is 5.66. The molecule has 0 aliphatic carbocycles. The molecule has 2 aliphatic rings. The third kappa shape index (κ3) is 4.12. The molecule has 0 radical (unpaired) electrons. The van der Waals surface area contributed by atoms with E-state index in [0.717, 1.165) is 54.5 Å². The second kappa shape index (κ2) is 8.74. The highest BCUT2D eigenvalue weighted by atomic mass is 19.1. The maximum absolute atomic E-state index is 13.5. The predicted octanol–water partition coefficient (Wildman–Crippen LogP) is 4.08. The number of benzene rings is 2. The van der Waals surface area contributed by atoms with Crippen LogP contribution in [0, 0.1) is 18.7 Å². The van der Waals surface area contributed by atoms with E-state index in [4.69, 9.17) is 4.98 Å². The van der Waals surface area contributed by atoms with Gasteiger partial charge in [-0.05, 0) is 62.7 Å². The SMILES string of the molecule is Cc1ccc(Nc2c(-c3ccc(F)cc3)nc3n2CCN(C(=O)[C@H]2CCCNC2)C3)cc1. The number of nitrogens with zero attached hydrogens (tertiary/aromatic N) is 3. The average Bonchev–Trinajstić information content (AvgIpc) is 3.18. The number of fused-ring (bicyclic) bond motifs is 1. The molecule has 0 unspecified atom stereocenters. The van der Waals surface area contributed by atoms with E-state index in [1.54, 1.807) is 12.1 Å². The summed E-state index contributed by atoms with van der Waals surface area (Å²) in [6, 6.07) is 14.6. The van der Waals surface area contributed by atoms with Gasteiger partial charge in [0.15, 0.2) is 0 Å².